The fraction of sp³-hybridized carbons (Fsp3) is 0.297. The van der Waals surface area contributed by atoms with E-state index in [9.17, 15) is 18.0 Å². The number of nitrogens with zero attached hydrogens (tertiary/aromatic N) is 2. The molecule has 0 saturated carbocycles. The van der Waals surface area contributed by atoms with Crippen LogP contribution in [0, 0.1) is 12.8 Å². The van der Waals surface area contributed by atoms with Crippen molar-refractivity contribution < 1.29 is 27.5 Å². The molecule has 0 aliphatic heterocycles. The standard InChI is InChI=1S/C37H43N3O6S/c1-27(2)24-38-37(42)34(23-29-13-8-6-9-14-29)39(25-30-15-12-16-31(22-30)45-4)36(41)26-40(33-21-28(3)19-20-35(33)46-5)47(43,44)32-17-10-7-11-18-32/h6-22,27,34H,23-26H2,1-5H3,(H,38,42)/t34-/m1/s1. The van der Waals surface area contributed by atoms with Gasteiger partial charge in [-0.25, -0.2) is 8.42 Å². The summed E-state index contributed by atoms with van der Waals surface area (Å²) in [5.74, 6) is 0.175. The van der Waals surface area contributed by atoms with Crippen molar-refractivity contribution >= 4 is 27.5 Å². The molecule has 10 heteroatoms. The van der Waals surface area contributed by atoms with Crippen LogP contribution < -0.4 is 19.1 Å². The molecular formula is C37H43N3O6S. The first kappa shape index (κ1) is 35.0. The zero-order valence-electron chi connectivity index (χ0n) is 27.6. The van der Waals surface area contributed by atoms with Gasteiger partial charge < -0.3 is 19.7 Å². The fourth-order valence-electron chi connectivity index (χ4n) is 5.17. The van der Waals surface area contributed by atoms with Crippen LogP contribution in [0.25, 0.3) is 0 Å². The third-order valence-corrected chi connectivity index (χ3v) is 9.43. The van der Waals surface area contributed by atoms with E-state index in [1.54, 1.807) is 49.6 Å². The van der Waals surface area contributed by atoms with Crippen molar-refractivity contribution in [3.8, 4) is 11.5 Å². The van der Waals surface area contributed by atoms with Crippen LogP contribution in [0.1, 0.15) is 30.5 Å². The number of carbonyl (C=O) groups excluding carboxylic acids is 2. The molecule has 1 N–H and O–H groups in total. The van der Waals surface area contributed by atoms with Crippen molar-refractivity contribution in [3.05, 3.63) is 120 Å². The first-order chi connectivity index (χ1) is 22.5. The fourth-order valence-corrected chi connectivity index (χ4v) is 6.61. The van der Waals surface area contributed by atoms with E-state index in [1.165, 1.54) is 24.1 Å². The van der Waals surface area contributed by atoms with E-state index >= 15 is 0 Å². The highest BCUT2D eigenvalue weighted by Gasteiger charge is 2.35. The van der Waals surface area contributed by atoms with Gasteiger partial charge in [0.25, 0.3) is 10.0 Å². The number of nitrogens with one attached hydrogen (secondary N) is 1. The van der Waals surface area contributed by atoms with Crippen molar-refractivity contribution in [1.82, 2.24) is 10.2 Å². The topological polar surface area (TPSA) is 105 Å². The minimum absolute atomic E-state index is 0.0196. The van der Waals surface area contributed by atoms with Crippen molar-refractivity contribution in [2.24, 2.45) is 5.92 Å². The maximum Gasteiger partial charge on any atom is 0.264 e. The van der Waals surface area contributed by atoms with Crippen LogP contribution in [0.15, 0.2) is 108 Å². The van der Waals surface area contributed by atoms with Crippen LogP contribution in [0.2, 0.25) is 0 Å². The lowest BCUT2D eigenvalue weighted by molar-refractivity contribution is -0.140. The summed E-state index contributed by atoms with van der Waals surface area (Å²) < 4.78 is 40.7. The summed E-state index contributed by atoms with van der Waals surface area (Å²) in [5, 5.41) is 3.00. The molecule has 0 saturated heterocycles. The molecule has 4 aromatic carbocycles. The number of aryl methyl sites for hydroxylation is 1. The van der Waals surface area contributed by atoms with Gasteiger partial charge in [0.2, 0.25) is 11.8 Å². The van der Waals surface area contributed by atoms with Gasteiger partial charge in [-0.15, -0.1) is 0 Å². The molecule has 4 aromatic rings. The lowest BCUT2D eigenvalue weighted by atomic mass is 10.0. The van der Waals surface area contributed by atoms with E-state index in [2.05, 4.69) is 5.32 Å². The summed E-state index contributed by atoms with van der Waals surface area (Å²) in [6.45, 7) is 5.69. The van der Waals surface area contributed by atoms with Gasteiger partial charge in [-0.3, -0.25) is 13.9 Å². The van der Waals surface area contributed by atoms with Gasteiger partial charge in [-0.05, 0) is 65.9 Å². The van der Waals surface area contributed by atoms with Gasteiger partial charge >= 0.3 is 0 Å². The highest BCUT2D eigenvalue weighted by Crippen LogP contribution is 2.34. The second-order valence-electron chi connectivity index (χ2n) is 11.7. The van der Waals surface area contributed by atoms with E-state index in [1.807, 2.05) is 69.3 Å². The lowest BCUT2D eigenvalue weighted by Crippen LogP contribution is -2.53. The predicted molar refractivity (Wildman–Crippen MR) is 184 cm³/mol. The van der Waals surface area contributed by atoms with Crippen molar-refractivity contribution in [1.29, 1.82) is 0 Å². The van der Waals surface area contributed by atoms with Gasteiger partial charge in [-0.2, -0.15) is 0 Å². The smallest absolute Gasteiger partial charge is 0.264 e. The van der Waals surface area contributed by atoms with Crippen LogP contribution in [-0.2, 0) is 32.6 Å². The Bertz CT molecular complexity index is 1750. The molecule has 0 aliphatic rings. The number of methoxy groups -OCH3 is 2. The van der Waals surface area contributed by atoms with Crippen LogP contribution in [-0.4, -0.2) is 58.5 Å². The second kappa shape index (κ2) is 16.1. The van der Waals surface area contributed by atoms with Crippen molar-refractivity contribution in [2.45, 2.75) is 44.7 Å². The molecule has 0 aliphatic carbocycles. The molecule has 0 heterocycles. The lowest BCUT2D eigenvalue weighted by Gasteiger charge is -2.34. The quantitative estimate of drug-likeness (QED) is 0.178. The Morgan fingerprint density at radius 3 is 2.11 bits per heavy atom. The Morgan fingerprint density at radius 1 is 0.809 bits per heavy atom. The molecule has 47 heavy (non-hydrogen) atoms. The average molecular weight is 658 g/mol. The minimum Gasteiger partial charge on any atom is -0.497 e. The van der Waals surface area contributed by atoms with Gasteiger partial charge in [-0.1, -0.05) is 80.6 Å². The number of amides is 2. The van der Waals surface area contributed by atoms with E-state index in [0.717, 1.165) is 21.0 Å². The molecule has 0 unspecified atom stereocenters. The Labute approximate surface area is 278 Å². The third-order valence-electron chi connectivity index (χ3n) is 7.66. The normalized spacial score (nSPS) is 11.9. The van der Waals surface area contributed by atoms with Crippen LogP contribution in [0.3, 0.4) is 0 Å². The number of sulfonamides is 1. The SMILES string of the molecule is COc1cccc(CN(C(=O)CN(c2cc(C)ccc2OC)S(=O)(=O)c2ccccc2)[C@H](Cc2ccccc2)C(=O)NCC(C)C)c1. The van der Waals surface area contributed by atoms with Gasteiger partial charge in [0, 0.05) is 19.5 Å². The molecule has 0 spiro atoms. The van der Waals surface area contributed by atoms with Crippen molar-refractivity contribution in [2.75, 3.05) is 31.6 Å². The number of benzene rings is 4. The molecular weight excluding hydrogens is 614 g/mol. The summed E-state index contributed by atoms with van der Waals surface area (Å²) in [6.07, 6.45) is 0.222. The first-order valence-corrected chi connectivity index (χ1v) is 16.9. The molecule has 0 bridgehead atoms. The highest BCUT2D eigenvalue weighted by atomic mass is 32.2. The highest BCUT2D eigenvalue weighted by molar-refractivity contribution is 7.92. The Kier molecular flexibility index (Phi) is 12.0. The van der Waals surface area contributed by atoms with E-state index in [-0.39, 0.29) is 41.1 Å². The molecule has 248 valence electrons. The zero-order valence-corrected chi connectivity index (χ0v) is 28.4. The number of carbonyl (C=O) groups is 2. The molecule has 9 nitrogen and oxygen atoms in total. The second-order valence-corrected chi connectivity index (χ2v) is 13.6. The summed E-state index contributed by atoms with van der Waals surface area (Å²) in [6, 6.07) is 28.9. The van der Waals surface area contributed by atoms with Gasteiger partial charge in [0.05, 0.1) is 24.8 Å². The number of anilines is 1. The molecule has 2 amide bonds. The maximum atomic E-state index is 14.7. The molecule has 4 rings (SSSR count). The summed E-state index contributed by atoms with van der Waals surface area (Å²) in [5.41, 5.74) is 2.58. The maximum absolute atomic E-state index is 14.7. The summed E-state index contributed by atoms with van der Waals surface area (Å²) in [4.78, 5) is 30.1. The van der Waals surface area contributed by atoms with Crippen LogP contribution in [0.4, 0.5) is 5.69 Å². The van der Waals surface area contributed by atoms with E-state index in [0.29, 0.717) is 12.3 Å². The average Bonchev–Trinajstić information content (AvgIpc) is 3.08. The van der Waals surface area contributed by atoms with Crippen LogP contribution >= 0.6 is 0 Å². The molecule has 0 aromatic heterocycles. The zero-order chi connectivity index (χ0) is 34.0. The Balaban J connectivity index is 1.85. The number of ether oxygens (including phenoxy) is 2. The number of hydrogen-bond acceptors (Lipinski definition) is 6. The molecule has 1 atom stereocenters. The Morgan fingerprint density at radius 2 is 1.47 bits per heavy atom. The van der Waals surface area contributed by atoms with Crippen molar-refractivity contribution in [3.63, 3.8) is 0 Å². The minimum atomic E-state index is -4.26. The van der Waals surface area contributed by atoms with Gasteiger partial charge in [0.15, 0.2) is 0 Å². The summed E-state index contributed by atoms with van der Waals surface area (Å²) in [7, 11) is -1.25. The molecule has 0 fully saturated rings. The monoisotopic (exact) mass is 657 g/mol. The predicted octanol–water partition coefficient (Wildman–Crippen LogP) is 5.62. The number of rotatable bonds is 15. The van der Waals surface area contributed by atoms with E-state index < -0.39 is 28.5 Å². The van der Waals surface area contributed by atoms with Gasteiger partial charge in [0.1, 0.15) is 24.1 Å². The van der Waals surface area contributed by atoms with E-state index in [4.69, 9.17) is 9.47 Å². The number of hydrogen-bond donors (Lipinski definition) is 1. The van der Waals surface area contributed by atoms with Crippen LogP contribution in [0.5, 0.6) is 11.5 Å². The summed E-state index contributed by atoms with van der Waals surface area (Å²) >= 11 is 0. The molecule has 0 radical (unpaired) electrons. The Hall–Kier alpha value is -4.83. The largest absolute Gasteiger partial charge is 0.497 e. The third kappa shape index (κ3) is 9.13. The first-order valence-electron chi connectivity index (χ1n) is 15.5.